The van der Waals surface area contributed by atoms with Crippen LogP contribution in [0.4, 0.5) is 5.69 Å². The predicted octanol–water partition coefficient (Wildman–Crippen LogP) is 6.18. The van der Waals surface area contributed by atoms with Crippen LogP contribution in [0, 0.1) is 0 Å². The van der Waals surface area contributed by atoms with Gasteiger partial charge in [-0.1, -0.05) is 23.2 Å². The second kappa shape index (κ2) is 11.8. The molecule has 10 nitrogen and oxygen atoms in total. The van der Waals surface area contributed by atoms with E-state index >= 15 is 0 Å². The van der Waals surface area contributed by atoms with Crippen LogP contribution in [0.5, 0.6) is 11.5 Å². The number of sulfonamides is 1. The van der Waals surface area contributed by atoms with Gasteiger partial charge in [0, 0.05) is 23.7 Å². The zero-order valence-electron chi connectivity index (χ0n) is 21.2. The molecular formula is C25H23Cl2N3O7S2. The molecule has 0 aliphatic heterocycles. The first-order chi connectivity index (χ1) is 18.6. The molecule has 0 amide bonds. The van der Waals surface area contributed by atoms with Gasteiger partial charge in [0.25, 0.3) is 15.9 Å². The summed E-state index contributed by atoms with van der Waals surface area (Å²) in [6, 6.07) is 10.6. The Balaban J connectivity index is 1.71. The van der Waals surface area contributed by atoms with Crippen LogP contribution >= 0.6 is 34.5 Å². The minimum Gasteiger partial charge on any atom is -0.493 e. The number of thiophene rings is 1. The lowest BCUT2D eigenvalue weighted by Gasteiger charge is -2.21. The maximum Gasteiger partial charge on any atom is 0.338 e. The quantitative estimate of drug-likeness (QED) is 0.193. The second-order valence-electron chi connectivity index (χ2n) is 7.85. The number of esters is 1. The van der Waals surface area contributed by atoms with Crippen molar-refractivity contribution in [2.75, 3.05) is 31.7 Å². The standard InChI is InChI=1S/C25H23Cl2N3O7S2/c1-5-35-18-8-7-17(12-19(18)34-4)30(3)39(32,33)20-13-21(27)38-22(20)24-29-28-23(37-24)14-9-15(11-16(26)10-14)25(31)36-6-2/h7-13H,5-6H2,1-4H3. The molecule has 206 valence electrons. The Bertz CT molecular complexity index is 1620. The zero-order chi connectivity index (χ0) is 28.3. The fraction of sp³-hybridized carbons (Fsp3) is 0.240. The number of nitrogens with zero attached hydrogens (tertiary/aromatic N) is 3. The molecule has 0 fully saturated rings. The van der Waals surface area contributed by atoms with Gasteiger partial charge in [-0.2, -0.15) is 0 Å². The molecule has 0 N–H and O–H groups in total. The lowest BCUT2D eigenvalue weighted by Crippen LogP contribution is -2.26. The first kappa shape index (κ1) is 28.7. The summed E-state index contributed by atoms with van der Waals surface area (Å²) in [5.74, 6) is 0.254. The topological polar surface area (TPSA) is 121 Å². The molecule has 0 bridgehead atoms. The SMILES string of the molecule is CCOC(=O)c1cc(Cl)cc(-c2nnc(-c3sc(Cl)cc3S(=O)(=O)N(C)c3ccc(OCC)c(OC)c3)o2)c1. The first-order valence-electron chi connectivity index (χ1n) is 11.5. The number of anilines is 1. The zero-order valence-corrected chi connectivity index (χ0v) is 24.4. The van der Waals surface area contributed by atoms with Crippen LogP contribution in [-0.4, -0.2) is 52.0 Å². The Morgan fingerprint density at radius 2 is 1.77 bits per heavy atom. The van der Waals surface area contributed by atoms with E-state index in [1.54, 1.807) is 25.1 Å². The highest BCUT2D eigenvalue weighted by atomic mass is 35.5. The molecule has 0 aliphatic rings. The molecule has 2 aromatic heterocycles. The molecule has 0 saturated carbocycles. The predicted molar refractivity (Wildman–Crippen MR) is 149 cm³/mol. The highest BCUT2D eigenvalue weighted by molar-refractivity contribution is 7.93. The summed E-state index contributed by atoms with van der Waals surface area (Å²) >= 11 is 13.4. The molecule has 0 spiro atoms. The fourth-order valence-corrected chi connectivity index (χ4v) is 6.71. The van der Waals surface area contributed by atoms with Crippen LogP contribution in [0.15, 0.2) is 51.8 Å². The third-order valence-electron chi connectivity index (χ3n) is 5.39. The summed E-state index contributed by atoms with van der Waals surface area (Å²) in [6.07, 6.45) is 0. The maximum absolute atomic E-state index is 13.7. The summed E-state index contributed by atoms with van der Waals surface area (Å²) in [5, 5.41) is 8.33. The van der Waals surface area contributed by atoms with E-state index < -0.39 is 16.0 Å². The van der Waals surface area contributed by atoms with E-state index in [2.05, 4.69) is 10.2 Å². The van der Waals surface area contributed by atoms with Crippen molar-refractivity contribution in [2.24, 2.45) is 0 Å². The third kappa shape index (κ3) is 5.98. The van der Waals surface area contributed by atoms with Gasteiger partial charge in [0.15, 0.2) is 11.5 Å². The summed E-state index contributed by atoms with van der Waals surface area (Å²) in [5.41, 5.74) is 0.893. The highest BCUT2D eigenvalue weighted by Gasteiger charge is 2.30. The van der Waals surface area contributed by atoms with Crippen LogP contribution in [-0.2, 0) is 14.8 Å². The van der Waals surface area contributed by atoms with E-state index in [0.29, 0.717) is 29.4 Å². The van der Waals surface area contributed by atoms with E-state index in [-0.39, 0.29) is 43.1 Å². The van der Waals surface area contributed by atoms with Gasteiger partial charge in [-0.3, -0.25) is 4.31 Å². The monoisotopic (exact) mass is 611 g/mol. The summed E-state index contributed by atoms with van der Waals surface area (Å²) in [6.45, 7) is 4.14. The number of hydrogen-bond acceptors (Lipinski definition) is 10. The van der Waals surface area contributed by atoms with Crippen molar-refractivity contribution in [3.63, 3.8) is 0 Å². The third-order valence-corrected chi connectivity index (χ3v) is 8.80. The van der Waals surface area contributed by atoms with E-state index in [0.717, 1.165) is 15.6 Å². The van der Waals surface area contributed by atoms with Crippen molar-refractivity contribution in [1.29, 1.82) is 0 Å². The Labute approximate surface area is 239 Å². The van der Waals surface area contributed by atoms with Crippen molar-refractivity contribution < 1.29 is 31.8 Å². The minimum absolute atomic E-state index is 0.0236. The van der Waals surface area contributed by atoms with Gasteiger partial charge < -0.3 is 18.6 Å². The lowest BCUT2D eigenvalue weighted by atomic mass is 10.1. The van der Waals surface area contributed by atoms with E-state index in [1.807, 2.05) is 6.92 Å². The molecule has 4 rings (SSSR count). The number of methoxy groups -OCH3 is 1. The van der Waals surface area contributed by atoms with Crippen molar-refractivity contribution >= 4 is 56.2 Å². The van der Waals surface area contributed by atoms with Gasteiger partial charge in [-0.25, -0.2) is 13.2 Å². The Morgan fingerprint density at radius 3 is 2.46 bits per heavy atom. The van der Waals surface area contributed by atoms with Gasteiger partial charge in [0.1, 0.15) is 9.77 Å². The van der Waals surface area contributed by atoms with E-state index in [4.69, 9.17) is 41.8 Å². The van der Waals surface area contributed by atoms with Gasteiger partial charge in [0.05, 0.1) is 35.9 Å². The normalized spacial score (nSPS) is 11.3. The van der Waals surface area contributed by atoms with Crippen molar-refractivity contribution in [1.82, 2.24) is 10.2 Å². The van der Waals surface area contributed by atoms with Crippen molar-refractivity contribution in [2.45, 2.75) is 18.7 Å². The Kier molecular flexibility index (Phi) is 8.70. The van der Waals surface area contributed by atoms with Crippen molar-refractivity contribution in [3.8, 4) is 33.7 Å². The number of carbonyl (C=O) groups excluding carboxylic acids is 1. The Hall–Kier alpha value is -3.32. The van der Waals surface area contributed by atoms with Crippen LogP contribution in [0.25, 0.3) is 22.2 Å². The highest BCUT2D eigenvalue weighted by Crippen LogP contribution is 2.41. The molecule has 0 saturated heterocycles. The van der Waals surface area contributed by atoms with Gasteiger partial charge in [0.2, 0.25) is 5.89 Å². The van der Waals surface area contributed by atoms with Crippen LogP contribution < -0.4 is 13.8 Å². The minimum atomic E-state index is -4.13. The average Bonchev–Trinajstić information content (AvgIpc) is 3.56. The number of ether oxygens (including phenoxy) is 3. The van der Waals surface area contributed by atoms with Gasteiger partial charge >= 0.3 is 5.97 Å². The number of benzene rings is 2. The van der Waals surface area contributed by atoms with Crippen LogP contribution in [0.1, 0.15) is 24.2 Å². The Morgan fingerprint density at radius 1 is 1.03 bits per heavy atom. The van der Waals surface area contributed by atoms with Crippen molar-refractivity contribution in [3.05, 3.63) is 57.4 Å². The second-order valence-corrected chi connectivity index (χ2v) is 11.9. The van der Waals surface area contributed by atoms with Gasteiger partial charge in [-0.05, 0) is 50.2 Å². The summed E-state index contributed by atoms with van der Waals surface area (Å²) < 4.78 is 50.4. The molecule has 0 radical (unpaired) electrons. The molecule has 0 aliphatic carbocycles. The van der Waals surface area contributed by atoms with Crippen LogP contribution in [0.2, 0.25) is 9.36 Å². The van der Waals surface area contributed by atoms with Crippen LogP contribution in [0.3, 0.4) is 0 Å². The molecule has 0 atom stereocenters. The van der Waals surface area contributed by atoms with E-state index in [9.17, 15) is 13.2 Å². The molecule has 39 heavy (non-hydrogen) atoms. The summed E-state index contributed by atoms with van der Waals surface area (Å²) in [4.78, 5) is 12.2. The largest absolute Gasteiger partial charge is 0.493 e. The van der Waals surface area contributed by atoms with Gasteiger partial charge in [-0.15, -0.1) is 21.5 Å². The average molecular weight is 613 g/mol. The molecule has 14 heteroatoms. The number of halogens is 2. The molecule has 2 aromatic carbocycles. The number of carbonyl (C=O) groups is 1. The number of aromatic nitrogens is 2. The lowest BCUT2D eigenvalue weighted by molar-refractivity contribution is 0.0526. The smallest absolute Gasteiger partial charge is 0.338 e. The molecule has 0 unspecified atom stereocenters. The summed E-state index contributed by atoms with van der Waals surface area (Å²) in [7, 11) is -1.26. The number of hydrogen-bond donors (Lipinski definition) is 0. The molecule has 4 aromatic rings. The molecule has 2 heterocycles. The fourth-order valence-electron chi connectivity index (χ4n) is 3.58. The number of rotatable bonds is 10. The van der Waals surface area contributed by atoms with E-state index in [1.165, 1.54) is 38.4 Å². The maximum atomic E-state index is 13.7. The first-order valence-corrected chi connectivity index (χ1v) is 14.5. The molecular weight excluding hydrogens is 589 g/mol.